The van der Waals surface area contributed by atoms with Gasteiger partial charge in [-0.2, -0.15) is 5.26 Å². The van der Waals surface area contributed by atoms with Crippen LogP contribution in [0.5, 0.6) is 0 Å². The van der Waals surface area contributed by atoms with Crippen molar-refractivity contribution in [2.75, 3.05) is 9.80 Å². The van der Waals surface area contributed by atoms with Gasteiger partial charge in [-0.05, 0) is 144 Å². The Morgan fingerprint density at radius 2 is 0.806 bits per heavy atom. The van der Waals surface area contributed by atoms with E-state index in [4.69, 9.17) is 6.57 Å². The molecule has 2 heterocycles. The fraction of sp³-hybridized carbons (Fsp3) is 0. The Morgan fingerprint density at radius 1 is 0.361 bits per heavy atom. The van der Waals surface area contributed by atoms with E-state index in [1.807, 2.05) is 48.5 Å². The highest BCUT2D eigenvalue weighted by Crippen LogP contribution is 2.45. The predicted molar refractivity (Wildman–Crippen MR) is 298 cm³/mol. The van der Waals surface area contributed by atoms with Gasteiger partial charge in [-0.25, -0.2) is 4.85 Å². The zero-order chi connectivity index (χ0) is 48.1. The summed E-state index contributed by atoms with van der Waals surface area (Å²) < 4.78 is 4.67. The van der Waals surface area contributed by atoms with Crippen LogP contribution in [0.15, 0.2) is 255 Å². The minimum Gasteiger partial charge on any atom is -0.311 e. The second-order valence-corrected chi connectivity index (χ2v) is 18.0. The second-order valence-electron chi connectivity index (χ2n) is 18.0. The molecule has 6 nitrogen and oxygen atoms in total. The van der Waals surface area contributed by atoms with Crippen LogP contribution in [0.3, 0.4) is 0 Å². The molecule has 0 radical (unpaired) electrons. The van der Waals surface area contributed by atoms with E-state index >= 15 is 0 Å². The quantitative estimate of drug-likeness (QED) is 0.136. The number of para-hydroxylation sites is 4. The molecule has 0 amide bonds. The molecule has 0 aliphatic carbocycles. The average Bonchev–Trinajstić information content (AvgIpc) is 3.96. The van der Waals surface area contributed by atoms with Crippen molar-refractivity contribution in [1.29, 1.82) is 5.26 Å². The molecule has 13 rings (SSSR count). The Kier molecular flexibility index (Phi) is 10.2. The summed E-state index contributed by atoms with van der Waals surface area (Å²) in [5.41, 5.74) is 16.2. The summed E-state index contributed by atoms with van der Waals surface area (Å²) in [6, 6.07) is 91.7. The summed E-state index contributed by atoms with van der Waals surface area (Å²) in [4.78, 5) is 8.29. The SMILES string of the molecule is [C-]#[N+]c1ccc(N(c2ccc(-c3cccc4c(N(c5ccc(C#N)cc5)c5ccc6c(c5)c5ccccc5n6-c5ccccc5)cccc34)cc2)c2ccc3c(c2)c2ccccc2n3-c2ccccc2)cc1. The van der Waals surface area contributed by atoms with Crippen LogP contribution in [0.1, 0.15) is 5.56 Å². The average molecular weight is 919 g/mol. The fourth-order valence-corrected chi connectivity index (χ4v) is 10.7. The summed E-state index contributed by atoms with van der Waals surface area (Å²) in [5.74, 6) is 0. The molecule has 0 spiro atoms. The van der Waals surface area contributed by atoms with E-state index in [1.54, 1.807) is 0 Å². The Balaban J connectivity index is 0.929. The molecule has 0 aliphatic rings. The molecule has 0 aliphatic heterocycles. The first-order chi connectivity index (χ1) is 35.6. The number of hydrogen-bond donors (Lipinski definition) is 0. The topological polar surface area (TPSA) is 44.5 Å². The third-order valence-electron chi connectivity index (χ3n) is 13.9. The maximum absolute atomic E-state index is 9.81. The van der Waals surface area contributed by atoms with Crippen LogP contribution in [0.25, 0.3) is 81.7 Å². The van der Waals surface area contributed by atoms with Gasteiger partial charge < -0.3 is 18.9 Å². The minimum atomic E-state index is 0.597. The largest absolute Gasteiger partial charge is 0.311 e. The Morgan fingerprint density at radius 3 is 1.38 bits per heavy atom. The van der Waals surface area contributed by atoms with Crippen LogP contribution >= 0.6 is 0 Å². The smallest absolute Gasteiger partial charge is 0.187 e. The zero-order valence-corrected chi connectivity index (χ0v) is 38.9. The number of anilines is 6. The summed E-state index contributed by atoms with van der Waals surface area (Å²) >= 11 is 0. The zero-order valence-electron chi connectivity index (χ0n) is 38.9. The normalized spacial score (nSPS) is 11.3. The molecule has 0 N–H and O–H groups in total. The van der Waals surface area contributed by atoms with Crippen LogP contribution in [-0.2, 0) is 0 Å². The molecule has 72 heavy (non-hydrogen) atoms. The van der Waals surface area contributed by atoms with Gasteiger partial charge in [0.05, 0.1) is 46.0 Å². The van der Waals surface area contributed by atoms with Crippen LogP contribution < -0.4 is 9.80 Å². The van der Waals surface area contributed by atoms with Gasteiger partial charge >= 0.3 is 0 Å². The highest BCUT2D eigenvalue weighted by atomic mass is 15.2. The van der Waals surface area contributed by atoms with Gasteiger partial charge in [0, 0.05) is 66.7 Å². The predicted octanol–water partition coefficient (Wildman–Crippen LogP) is 18.1. The van der Waals surface area contributed by atoms with E-state index in [2.05, 4.69) is 236 Å². The van der Waals surface area contributed by atoms with Crippen molar-refractivity contribution in [2.45, 2.75) is 0 Å². The van der Waals surface area contributed by atoms with Gasteiger partial charge in [0.25, 0.3) is 0 Å². The van der Waals surface area contributed by atoms with Crippen molar-refractivity contribution in [3.8, 4) is 28.6 Å². The molecule has 11 aromatic carbocycles. The lowest BCUT2D eigenvalue weighted by Gasteiger charge is -2.27. The molecule has 0 fully saturated rings. The number of benzene rings is 11. The highest BCUT2D eigenvalue weighted by molar-refractivity contribution is 6.13. The maximum Gasteiger partial charge on any atom is 0.187 e. The monoisotopic (exact) mass is 918 g/mol. The Labute approximate surface area is 416 Å². The summed E-state index contributed by atoms with van der Waals surface area (Å²) in [6.07, 6.45) is 0. The van der Waals surface area contributed by atoms with Gasteiger partial charge in [-0.3, -0.25) is 0 Å². The maximum atomic E-state index is 9.81. The number of aromatic nitrogens is 2. The third-order valence-corrected chi connectivity index (χ3v) is 13.9. The second kappa shape index (κ2) is 17.4. The van der Waals surface area contributed by atoms with E-state index in [-0.39, 0.29) is 0 Å². The first kappa shape index (κ1) is 42.0. The summed E-state index contributed by atoms with van der Waals surface area (Å²) in [6.45, 7) is 7.67. The van der Waals surface area contributed by atoms with Gasteiger partial charge in [0.2, 0.25) is 0 Å². The molecule has 0 unspecified atom stereocenters. The lowest BCUT2D eigenvalue weighted by Crippen LogP contribution is -2.10. The van der Waals surface area contributed by atoms with E-state index < -0.39 is 0 Å². The number of fused-ring (bicyclic) bond motifs is 7. The van der Waals surface area contributed by atoms with Crippen LogP contribution in [0.2, 0.25) is 0 Å². The number of nitrogens with zero attached hydrogens (tertiary/aromatic N) is 6. The van der Waals surface area contributed by atoms with Gasteiger partial charge in [-0.1, -0.05) is 127 Å². The summed E-state index contributed by atoms with van der Waals surface area (Å²) in [7, 11) is 0. The first-order valence-electron chi connectivity index (χ1n) is 24.0. The molecule has 336 valence electrons. The van der Waals surface area contributed by atoms with E-state index in [1.165, 1.54) is 10.8 Å². The van der Waals surface area contributed by atoms with Gasteiger partial charge in [0.15, 0.2) is 5.69 Å². The Hall–Kier alpha value is -10.1. The highest BCUT2D eigenvalue weighted by Gasteiger charge is 2.22. The third kappa shape index (κ3) is 7.02. The number of nitriles is 1. The molecule has 13 aromatic rings. The molecular weight excluding hydrogens is 877 g/mol. The van der Waals surface area contributed by atoms with Gasteiger partial charge in [-0.15, -0.1) is 0 Å². The molecule has 0 saturated heterocycles. The first-order valence-corrected chi connectivity index (χ1v) is 24.0. The van der Waals surface area contributed by atoms with Crippen molar-refractivity contribution >= 4 is 94.2 Å². The van der Waals surface area contributed by atoms with Crippen LogP contribution in [-0.4, -0.2) is 9.13 Å². The van der Waals surface area contributed by atoms with E-state index in [0.29, 0.717) is 11.3 Å². The summed E-state index contributed by atoms with van der Waals surface area (Å²) in [5, 5.41) is 16.7. The van der Waals surface area contributed by atoms with E-state index in [0.717, 1.165) is 100 Å². The minimum absolute atomic E-state index is 0.597. The molecule has 0 saturated carbocycles. The molecular formula is C66H42N6. The van der Waals surface area contributed by atoms with Gasteiger partial charge in [0.1, 0.15) is 0 Å². The lowest BCUT2D eigenvalue weighted by molar-refractivity contribution is 1.18. The van der Waals surface area contributed by atoms with Crippen molar-refractivity contribution < 1.29 is 0 Å². The lowest BCUT2D eigenvalue weighted by atomic mass is 9.96. The molecule has 0 bridgehead atoms. The number of hydrogen-bond acceptors (Lipinski definition) is 3. The van der Waals surface area contributed by atoms with E-state index in [9.17, 15) is 5.26 Å². The van der Waals surface area contributed by atoms with Crippen molar-refractivity contribution in [3.05, 3.63) is 272 Å². The van der Waals surface area contributed by atoms with Crippen molar-refractivity contribution in [1.82, 2.24) is 9.13 Å². The molecule has 6 heteroatoms. The molecule has 2 aromatic heterocycles. The standard InChI is InChI=1S/C66H42N6/c1-68-47-30-36-51(37-31-47)69(53-38-40-65-60(42-53)58-18-8-10-23-63(58)71(65)48-14-4-2-5-15-48)50-34-28-46(29-35-50)55-20-12-22-57-56(55)21-13-25-62(57)70(52-32-26-45(44-67)27-33-52)54-39-41-66-61(43-54)59-19-9-11-24-64(59)72(66)49-16-6-3-7-17-49/h2-43H. The fourth-order valence-electron chi connectivity index (χ4n) is 10.7. The number of rotatable bonds is 9. The Bertz CT molecular complexity index is 4270. The molecule has 0 atom stereocenters. The van der Waals surface area contributed by atoms with Crippen LogP contribution in [0, 0.1) is 17.9 Å². The van der Waals surface area contributed by atoms with Crippen LogP contribution in [0.4, 0.5) is 39.8 Å². The van der Waals surface area contributed by atoms with Crippen molar-refractivity contribution in [3.63, 3.8) is 0 Å². The van der Waals surface area contributed by atoms with Crippen molar-refractivity contribution in [2.24, 2.45) is 0 Å².